The van der Waals surface area contributed by atoms with Crippen LogP contribution in [0.2, 0.25) is 0 Å². The van der Waals surface area contributed by atoms with E-state index in [0.29, 0.717) is 11.8 Å². The standard InChI is InChI=1S/C20H25NO2S/c22-15-6-13-21(14-16-24(23)18-8-2-1-3-9-18)20-12-11-17-7-4-5-10-19(17)20/h1-5,7-10,20,22H,6,11-16H2. The molecule has 128 valence electrons. The van der Waals surface area contributed by atoms with Gasteiger partial charge in [0, 0.05) is 36.4 Å². The van der Waals surface area contributed by atoms with Gasteiger partial charge in [0.1, 0.15) is 0 Å². The van der Waals surface area contributed by atoms with Gasteiger partial charge >= 0.3 is 0 Å². The number of aryl methyl sites for hydroxylation is 1. The van der Waals surface area contributed by atoms with Crippen LogP contribution in [0.1, 0.15) is 30.0 Å². The van der Waals surface area contributed by atoms with E-state index in [9.17, 15) is 9.32 Å². The lowest BCUT2D eigenvalue weighted by atomic mass is 10.1. The summed E-state index contributed by atoms with van der Waals surface area (Å²) < 4.78 is 12.5. The van der Waals surface area contributed by atoms with E-state index in [1.54, 1.807) is 0 Å². The zero-order valence-electron chi connectivity index (χ0n) is 13.9. The van der Waals surface area contributed by atoms with Crippen molar-refractivity contribution in [1.29, 1.82) is 0 Å². The third-order valence-corrected chi connectivity index (χ3v) is 6.07. The van der Waals surface area contributed by atoms with Gasteiger partial charge in [-0.15, -0.1) is 0 Å². The third-order valence-electron chi connectivity index (χ3n) is 4.72. The first kappa shape index (κ1) is 17.3. The topological polar surface area (TPSA) is 40.5 Å². The minimum absolute atomic E-state index is 0.201. The number of hydrogen-bond donors (Lipinski definition) is 1. The van der Waals surface area contributed by atoms with Crippen molar-refractivity contribution in [3.63, 3.8) is 0 Å². The van der Waals surface area contributed by atoms with Gasteiger partial charge in [-0.3, -0.25) is 9.11 Å². The fourth-order valence-electron chi connectivity index (χ4n) is 3.50. The number of aliphatic hydroxyl groups excluding tert-OH is 1. The molecule has 24 heavy (non-hydrogen) atoms. The van der Waals surface area contributed by atoms with Crippen LogP contribution in [0.25, 0.3) is 0 Å². The highest BCUT2D eigenvalue weighted by Gasteiger charge is 2.27. The smallest absolute Gasteiger partial charge is 0.0542 e. The lowest BCUT2D eigenvalue weighted by Crippen LogP contribution is -2.32. The van der Waals surface area contributed by atoms with Gasteiger partial charge < -0.3 is 5.11 Å². The minimum atomic E-state index is -0.972. The van der Waals surface area contributed by atoms with Crippen LogP contribution < -0.4 is 0 Å². The van der Waals surface area contributed by atoms with Crippen molar-refractivity contribution in [2.24, 2.45) is 0 Å². The molecule has 3 nitrogen and oxygen atoms in total. The summed E-state index contributed by atoms with van der Waals surface area (Å²) in [5.41, 5.74) is 2.83. The van der Waals surface area contributed by atoms with Crippen LogP contribution in [0, 0.1) is 0 Å². The molecular formula is C20H25NO2S. The molecule has 1 N–H and O–H groups in total. The van der Waals surface area contributed by atoms with Gasteiger partial charge in [0.15, 0.2) is 0 Å². The molecule has 0 spiro atoms. The molecule has 2 unspecified atom stereocenters. The summed E-state index contributed by atoms with van der Waals surface area (Å²) >= 11 is 0. The second-order valence-corrected chi connectivity index (χ2v) is 7.80. The van der Waals surface area contributed by atoms with Gasteiger partial charge in [0.05, 0.1) is 10.8 Å². The molecule has 0 aromatic heterocycles. The highest BCUT2D eigenvalue weighted by Crippen LogP contribution is 2.35. The molecular weight excluding hydrogens is 318 g/mol. The van der Waals surface area contributed by atoms with Crippen molar-refractivity contribution in [2.45, 2.75) is 30.2 Å². The zero-order valence-corrected chi connectivity index (χ0v) is 14.8. The average Bonchev–Trinajstić information content (AvgIpc) is 3.06. The molecule has 2 aromatic rings. The Balaban J connectivity index is 1.68. The van der Waals surface area contributed by atoms with Crippen LogP contribution >= 0.6 is 0 Å². The molecule has 0 amide bonds. The van der Waals surface area contributed by atoms with E-state index in [1.807, 2.05) is 30.3 Å². The van der Waals surface area contributed by atoms with E-state index >= 15 is 0 Å². The predicted molar refractivity (Wildman–Crippen MR) is 98.5 cm³/mol. The highest BCUT2D eigenvalue weighted by atomic mass is 32.2. The predicted octanol–water partition coefficient (Wildman–Crippen LogP) is 3.17. The Bertz CT molecular complexity index is 674. The lowest BCUT2D eigenvalue weighted by Gasteiger charge is -2.29. The van der Waals surface area contributed by atoms with Crippen molar-refractivity contribution in [1.82, 2.24) is 4.90 Å². The summed E-state index contributed by atoms with van der Waals surface area (Å²) in [5, 5.41) is 9.22. The zero-order chi connectivity index (χ0) is 16.8. The molecule has 4 heteroatoms. The first-order valence-electron chi connectivity index (χ1n) is 8.65. The van der Waals surface area contributed by atoms with E-state index in [-0.39, 0.29) is 6.61 Å². The summed E-state index contributed by atoms with van der Waals surface area (Å²) in [7, 11) is -0.972. The maximum atomic E-state index is 12.5. The van der Waals surface area contributed by atoms with Crippen LogP contribution in [0.4, 0.5) is 0 Å². The highest BCUT2D eigenvalue weighted by molar-refractivity contribution is 7.85. The number of benzene rings is 2. The van der Waals surface area contributed by atoms with Gasteiger partial charge in [0.2, 0.25) is 0 Å². The molecule has 0 saturated heterocycles. The van der Waals surface area contributed by atoms with Crippen molar-refractivity contribution in [3.05, 3.63) is 65.7 Å². The second-order valence-electron chi connectivity index (χ2n) is 6.23. The van der Waals surface area contributed by atoms with Crippen LogP contribution in [-0.4, -0.2) is 39.7 Å². The Kier molecular flexibility index (Phi) is 6.18. The molecule has 0 fully saturated rings. The first-order valence-corrected chi connectivity index (χ1v) is 9.97. The number of nitrogens with zero attached hydrogens (tertiary/aromatic N) is 1. The SMILES string of the molecule is O=S(CCN(CCCO)C1CCc2ccccc21)c1ccccc1. The minimum Gasteiger partial charge on any atom is -0.396 e. The number of rotatable bonds is 8. The largest absolute Gasteiger partial charge is 0.396 e. The summed E-state index contributed by atoms with van der Waals surface area (Å²) in [6.45, 7) is 1.84. The van der Waals surface area contributed by atoms with Crippen molar-refractivity contribution < 1.29 is 9.32 Å². The summed E-state index contributed by atoms with van der Waals surface area (Å²) in [6.07, 6.45) is 2.98. The summed E-state index contributed by atoms with van der Waals surface area (Å²) in [6, 6.07) is 18.7. The van der Waals surface area contributed by atoms with Gasteiger partial charge in [-0.05, 0) is 42.5 Å². The van der Waals surface area contributed by atoms with Crippen LogP contribution in [-0.2, 0) is 17.2 Å². The molecule has 1 aliphatic carbocycles. The first-order chi connectivity index (χ1) is 11.8. The van der Waals surface area contributed by atoms with Crippen LogP contribution in [0.15, 0.2) is 59.5 Å². The monoisotopic (exact) mass is 343 g/mol. The molecule has 0 heterocycles. The van der Waals surface area contributed by atoms with Gasteiger partial charge in [-0.2, -0.15) is 0 Å². The van der Waals surface area contributed by atoms with Gasteiger partial charge in [-0.25, -0.2) is 0 Å². The Morgan fingerprint density at radius 2 is 1.79 bits per heavy atom. The van der Waals surface area contributed by atoms with Crippen LogP contribution in [0.5, 0.6) is 0 Å². The molecule has 2 aromatic carbocycles. The van der Waals surface area contributed by atoms with E-state index in [4.69, 9.17) is 0 Å². The number of fused-ring (bicyclic) bond motifs is 1. The fourth-order valence-corrected chi connectivity index (χ4v) is 4.60. The van der Waals surface area contributed by atoms with Crippen LogP contribution in [0.3, 0.4) is 0 Å². The molecule has 0 aliphatic heterocycles. The molecule has 0 saturated carbocycles. The van der Waals surface area contributed by atoms with E-state index < -0.39 is 10.8 Å². The summed E-state index contributed by atoms with van der Waals surface area (Å²) in [4.78, 5) is 3.30. The third kappa shape index (κ3) is 4.12. The number of hydrogen-bond acceptors (Lipinski definition) is 3. The number of aliphatic hydroxyl groups is 1. The maximum Gasteiger partial charge on any atom is 0.0542 e. The maximum absolute atomic E-state index is 12.5. The molecule has 3 rings (SSSR count). The van der Waals surface area contributed by atoms with Gasteiger partial charge in [-0.1, -0.05) is 42.5 Å². The van der Waals surface area contributed by atoms with E-state index in [2.05, 4.69) is 29.2 Å². The Morgan fingerprint density at radius 3 is 2.58 bits per heavy atom. The average molecular weight is 343 g/mol. The molecule has 0 bridgehead atoms. The quantitative estimate of drug-likeness (QED) is 0.800. The van der Waals surface area contributed by atoms with E-state index in [0.717, 1.165) is 37.2 Å². The summed E-state index contributed by atoms with van der Waals surface area (Å²) in [5.74, 6) is 0.633. The molecule has 0 radical (unpaired) electrons. The van der Waals surface area contributed by atoms with Crippen molar-refractivity contribution in [3.8, 4) is 0 Å². The normalized spacial score (nSPS) is 17.8. The van der Waals surface area contributed by atoms with E-state index in [1.165, 1.54) is 11.1 Å². The van der Waals surface area contributed by atoms with Crippen molar-refractivity contribution in [2.75, 3.05) is 25.4 Å². The van der Waals surface area contributed by atoms with Crippen molar-refractivity contribution >= 4 is 10.8 Å². The fraction of sp³-hybridized carbons (Fsp3) is 0.400. The Hall–Kier alpha value is -1.49. The molecule has 2 atom stereocenters. The molecule has 1 aliphatic rings. The second kappa shape index (κ2) is 8.56. The Morgan fingerprint density at radius 1 is 1.04 bits per heavy atom. The Labute approximate surface area is 146 Å². The van der Waals surface area contributed by atoms with Gasteiger partial charge in [0.25, 0.3) is 0 Å². The lowest BCUT2D eigenvalue weighted by molar-refractivity contribution is 0.182.